The highest BCUT2D eigenvalue weighted by Gasteiger charge is 2.46. The van der Waals surface area contributed by atoms with E-state index in [1.54, 1.807) is 12.2 Å². The molecule has 172 valence electrons. The van der Waals surface area contributed by atoms with Crippen LogP contribution in [0.4, 0.5) is 0 Å². The summed E-state index contributed by atoms with van der Waals surface area (Å²) >= 11 is 0. The van der Waals surface area contributed by atoms with Crippen molar-refractivity contribution in [2.24, 2.45) is 4.99 Å². The summed E-state index contributed by atoms with van der Waals surface area (Å²) in [5, 5.41) is 3.69. The van der Waals surface area contributed by atoms with Gasteiger partial charge in [-0.15, -0.1) is 0 Å². The number of aliphatic imine (C=N–C) groups is 1. The highest BCUT2D eigenvalue weighted by Crippen LogP contribution is 2.32. The lowest BCUT2D eigenvalue weighted by Gasteiger charge is -2.31. The van der Waals surface area contributed by atoms with Gasteiger partial charge in [0.15, 0.2) is 0 Å². The first-order chi connectivity index (χ1) is 15.0. The molecule has 4 rings (SSSR count). The van der Waals surface area contributed by atoms with Crippen LogP contribution in [0.25, 0.3) is 0 Å². The molecule has 2 saturated heterocycles. The van der Waals surface area contributed by atoms with Gasteiger partial charge in [0.2, 0.25) is 0 Å². The van der Waals surface area contributed by atoms with Crippen LogP contribution in [0.5, 0.6) is 0 Å². The lowest BCUT2D eigenvalue weighted by molar-refractivity contribution is -0.135. The zero-order valence-corrected chi connectivity index (χ0v) is 19.1. The minimum atomic E-state index is -0.349. The normalized spacial score (nSPS) is 34.0. The van der Waals surface area contributed by atoms with Crippen molar-refractivity contribution in [1.29, 1.82) is 0 Å². The summed E-state index contributed by atoms with van der Waals surface area (Å²) in [5.74, 6) is 0.430. The molecule has 0 spiro atoms. The number of rotatable bonds is 10. The molecule has 0 bridgehead atoms. The Balaban J connectivity index is 1.43. The lowest BCUT2D eigenvalue weighted by atomic mass is 10.0. The molecular weight excluding hydrogens is 396 g/mol. The smallest absolute Gasteiger partial charge is 0.338 e. The molecule has 4 aliphatic rings. The quantitative estimate of drug-likeness (QED) is 0.418. The van der Waals surface area contributed by atoms with Gasteiger partial charge < -0.3 is 19.1 Å². The molecule has 4 heterocycles. The zero-order chi connectivity index (χ0) is 22.0. The van der Waals surface area contributed by atoms with Gasteiger partial charge in [0, 0.05) is 25.8 Å². The van der Waals surface area contributed by atoms with Crippen molar-refractivity contribution < 1.29 is 19.0 Å². The van der Waals surface area contributed by atoms with E-state index in [-0.39, 0.29) is 42.7 Å². The van der Waals surface area contributed by atoms with E-state index in [1.165, 1.54) is 7.11 Å². The maximum absolute atomic E-state index is 12.0. The second-order valence-electron chi connectivity index (χ2n) is 8.81. The number of carbonyl (C=O) groups is 1. The molecule has 0 amide bonds. The fourth-order valence-corrected chi connectivity index (χ4v) is 4.84. The summed E-state index contributed by atoms with van der Waals surface area (Å²) < 4.78 is 17.1. The van der Waals surface area contributed by atoms with Crippen LogP contribution in [0.1, 0.15) is 46.5 Å². The third kappa shape index (κ3) is 4.87. The molecule has 31 heavy (non-hydrogen) atoms. The van der Waals surface area contributed by atoms with Gasteiger partial charge in [-0.3, -0.25) is 15.2 Å². The largest absolute Gasteiger partial charge is 0.465 e. The van der Waals surface area contributed by atoms with Gasteiger partial charge in [0.25, 0.3) is 0 Å². The average molecular weight is 433 g/mol. The summed E-state index contributed by atoms with van der Waals surface area (Å²) in [6, 6.07) is -0.0302. The van der Waals surface area contributed by atoms with Crippen molar-refractivity contribution in [3.63, 3.8) is 0 Å². The van der Waals surface area contributed by atoms with E-state index >= 15 is 0 Å². The minimum Gasteiger partial charge on any atom is -0.465 e. The van der Waals surface area contributed by atoms with Crippen LogP contribution in [0.2, 0.25) is 0 Å². The fraction of sp³-hybridized carbons (Fsp3) is 0.739. The van der Waals surface area contributed by atoms with Crippen LogP contribution in [-0.4, -0.2) is 85.1 Å². The molecule has 0 aliphatic carbocycles. The van der Waals surface area contributed by atoms with Crippen molar-refractivity contribution >= 4 is 11.8 Å². The fourth-order valence-electron chi connectivity index (χ4n) is 4.84. The second kappa shape index (κ2) is 9.81. The number of hydrogen-bond acceptors (Lipinski definition) is 8. The maximum Gasteiger partial charge on any atom is 0.338 e. The summed E-state index contributed by atoms with van der Waals surface area (Å²) in [6.07, 6.45) is 10.5. The first-order valence-corrected chi connectivity index (χ1v) is 11.7. The van der Waals surface area contributed by atoms with Gasteiger partial charge in [0.05, 0.1) is 24.9 Å². The minimum absolute atomic E-state index is 0.0207. The van der Waals surface area contributed by atoms with Crippen molar-refractivity contribution in [2.45, 2.75) is 83.2 Å². The van der Waals surface area contributed by atoms with Gasteiger partial charge in [-0.2, -0.15) is 0 Å². The molecule has 0 aromatic carbocycles. The molecule has 6 atom stereocenters. The van der Waals surface area contributed by atoms with Gasteiger partial charge in [-0.1, -0.05) is 13.8 Å². The summed E-state index contributed by atoms with van der Waals surface area (Å²) in [7, 11) is 1.40. The molecule has 1 N–H and O–H groups in total. The van der Waals surface area contributed by atoms with Crippen molar-refractivity contribution in [3.8, 4) is 0 Å². The van der Waals surface area contributed by atoms with Gasteiger partial charge >= 0.3 is 5.97 Å². The Morgan fingerprint density at radius 3 is 2.71 bits per heavy atom. The highest BCUT2D eigenvalue weighted by atomic mass is 16.6. The number of epoxide rings is 1. The van der Waals surface area contributed by atoms with Crippen molar-refractivity contribution in [3.05, 3.63) is 23.9 Å². The van der Waals surface area contributed by atoms with Gasteiger partial charge in [-0.25, -0.2) is 4.79 Å². The Hall–Kier alpha value is -1.74. The molecule has 4 aliphatic heterocycles. The summed E-state index contributed by atoms with van der Waals surface area (Å²) in [4.78, 5) is 21.5. The average Bonchev–Trinajstić information content (AvgIpc) is 3.26. The third-order valence-corrected chi connectivity index (χ3v) is 6.40. The summed E-state index contributed by atoms with van der Waals surface area (Å²) in [6.45, 7) is 9.43. The molecule has 0 radical (unpaired) electrons. The number of esters is 1. The monoisotopic (exact) mass is 432 g/mol. The predicted octanol–water partition coefficient (Wildman–Crippen LogP) is 2.03. The molecule has 6 unspecified atom stereocenters. The Kier molecular flexibility index (Phi) is 7.11. The molecule has 0 saturated carbocycles. The molecule has 2 fully saturated rings. The second-order valence-corrected chi connectivity index (χ2v) is 8.81. The Labute approximate surface area is 185 Å². The topological polar surface area (TPSA) is 78.9 Å². The Bertz CT molecular complexity index is 746. The van der Waals surface area contributed by atoms with Gasteiger partial charge in [-0.05, 0) is 44.8 Å². The summed E-state index contributed by atoms with van der Waals surface area (Å²) in [5.41, 5.74) is 0.512. The van der Waals surface area contributed by atoms with E-state index in [9.17, 15) is 4.79 Å². The number of hydrogen-bond donors (Lipinski definition) is 1. The zero-order valence-electron chi connectivity index (χ0n) is 19.1. The Morgan fingerprint density at radius 2 is 2.06 bits per heavy atom. The highest BCUT2D eigenvalue weighted by molar-refractivity contribution is 6.05. The number of nitrogens with zero attached hydrogens (tertiary/aromatic N) is 3. The molecule has 8 nitrogen and oxygen atoms in total. The Morgan fingerprint density at radius 1 is 1.29 bits per heavy atom. The van der Waals surface area contributed by atoms with Crippen LogP contribution >= 0.6 is 0 Å². The number of fused-ring (bicyclic) bond motifs is 1. The van der Waals surface area contributed by atoms with E-state index in [0.29, 0.717) is 5.57 Å². The van der Waals surface area contributed by atoms with E-state index in [4.69, 9.17) is 19.2 Å². The van der Waals surface area contributed by atoms with E-state index in [1.807, 2.05) is 6.20 Å². The van der Waals surface area contributed by atoms with Crippen molar-refractivity contribution in [2.75, 3.05) is 26.7 Å². The van der Waals surface area contributed by atoms with Gasteiger partial charge in [0.1, 0.15) is 30.4 Å². The number of amidine groups is 1. The lowest BCUT2D eigenvalue weighted by Crippen LogP contribution is -2.52. The van der Waals surface area contributed by atoms with Crippen molar-refractivity contribution in [1.82, 2.24) is 15.1 Å². The number of ether oxygens (including phenoxy) is 3. The van der Waals surface area contributed by atoms with E-state index in [0.717, 1.165) is 51.2 Å². The number of nitrogens with one attached hydrogen (secondary N) is 1. The maximum atomic E-state index is 12.0. The van der Waals surface area contributed by atoms with Crippen LogP contribution in [0.3, 0.4) is 0 Å². The van der Waals surface area contributed by atoms with E-state index < -0.39 is 0 Å². The molecular formula is C23H36N4O4. The first kappa shape index (κ1) is 22.5. The molecule has 0 aromatic heterocycles. The molecule has 0 aromatic rings. The van der Waals surface area contributed by atoms with Crippen LogP contribution < -0.4 is 5.32 Å². The van der Waals surface area contributed by atoms with E-state index in [2.05, 4.69) is 35.9 Å². The molecule has 8 heteroatoms. The SMILES string of the molecule is CCCN(CCC)C1OC1CNC1C(C2CCC(C)O2)N=C2C=C(C(=O)OC)C=CN21. The predicted molar refractivity (Wildman–Crippen MR) is 118 cm³/mol. The standard InChI is InChI=1S/C23H36N4O4/c1-5-10-26(11-6-2)22-18(31-22)14-24-21-20(17-8-7-15(3)30-17)25-19-13-16(23(28)29-4)9-12-27(19)21/h9,12-13,15,17-18,20-22,24H,5-8,10-11,14H2,1-4H3. The first-order valence-electron chi connectivity index (χ1n) is 11.7. The van der Waals surface area contributed by atoms with Crippen LogP contribution in [0, 0.1) is 0 Å². The number of methoxy groups -OCH3 is 1. The number of carbonyl (C=O) groups excluding carboxylic acids is 1. The third-order valence-electron chi connectivity index (χ3n) is 6.40. The van der Waals surface area contributed by atoms with Crippen LogP contribution in [0.15, 0.2) is 28.9 Å². The van der Waals surface area contributed by atoms with Crippen LogP contribution in [-0.2, 0) is 19.0 Å².